The van der Waals surface area contributed by atoms with E-state index in [2.05, 4.69) is 10.6 Å². The summed E-state index contributed by atoms with van der Waals surface area (Å²) in [6, 6.07) is 13.0. The van der Waals surface area contributed by atoms with Crippen molar-refractivity contribution in [1.82, 2.24) is 5.32 Å². The lowest BCUT2D eigenvalue weighted by Gasteiger charge is -2.38. The Kier molecular flexibility index (Phi) is 4.57. The maximum atomic E-state index is 12.5. The zero-order valence-electron chi connectivity index (χ0n) is 15.1. The molecule has 2 aromatic carbocycles. The van der Waals surface area contributed by atoms with E-state index in [1.807, 2.05) is 57.2 Å². The topological polar surface area (TPSA) is 59.6 Å². The third kappa shape index (κ3) is 4.05. The van der Waals surface area contributed by atoms with Crippen molar-refractivity contribution in [3.05, 3.63) is 53.6 Å². The largest absolute Gasteiger partial charge is 0.497 e. The zero-order chi connectivity index (χ0) is 18.0. The first kappa shape index (κ1) is 17.1. The predicted octanol–water partition coefficient (Wildman–Crippen LogP) is 4.43. The van der Waals surface area contributed by atoms with Gasteiger partial charge in [-0.3, -0.25) is 0 Å². The maximum absolute atomic E-state index is 12.5. The Morgan fingerprint density at radius 1 is 1.24 bits per heavy atom. The number of anilines is 1. The van der Waals surface area contributed by atoms with Crippen molar-refractivity contribution in [1.29, 1.82) is 0 Å². The molecule has 0 saturated heterocycles. The molecule has 2 amide bonds. The van der Waals surface area contributed by atoms with Crippen molar-refractivity contribution >= 4 is 11.7 Å². The summed E-state index contributed by atoms with van der Waals surface area (Å²) in [7, 11) is 1.60. The van der Waals surface area contributed by atoms with Crippen LogP contribution in [0.5, 0.6) is 11.5 Å². The minimum absolute atomic E-state index is 0.107. The Balaban J connectivity index is 1.76. The van der Waals surface area contributed by atoms with Crippen molar-refractivity contribution < 1.29 is 14.3 Å². The summed E-state index contributed by atoms with van der Waals surface area (Å²) in [6.07, 6.45) is 0.703. The number of hydrogen-bond acceptors (Lipinski definition) is 3. The molecule has 3 rings (SSSR count). The third-order valence-electron chi connectivity index (χ3n) is 4.26. The van der Waals surface area contributed by atoms with Gasteiger partial charge in [0.05, 0.1) is 13.2 Å². The molecule has 2 aromatic rings. The standard InChI is InChI=1S/C20H24N2O3/c1-13-8-9-16-17(12-20(2,3)25-18(16)10-13)22-19(23)21-14-6-5-7-15(11-14)24-4/h5-11,17H,12H2,1-4H3,(H2,21,22,23)/t17-/m1/s1. The average Bonchev–Trinajstić information content (AvgIpc) is 2.53. The molecule has 0 spiro atoms. The lowest BCUT2D eigenvalue weighted by Crippen LogP contribution is -2.42. The summed E-state index contributed by atoms with van der Waals surface area (Å²) in [5.41, 5.74) is 2.49. The molecule has 25 heavy (non-hydrogen) atoms. The van der Waals surface area contributed by atoms with Gasteiger partial charge in [0.15, 0.2) is 0 Å². The molecule has 2 N–H and O–H groups in total. The van der Waals surface area contributed by atoms with Crippen LogP contribution in [0.2, 0.25) is 0 Å². The number of fused-ring (bicyclic) bond motifs is 1. The lowest BCUT2D eigenvalue weighted by atomic mass is 9.89. The number of carbonyl (C=O) groups excluding carboxylic acids is 1. The minimum atomic E-state index is -0.339. The van der Waals surface area contributed by atoms with Gasteiger partial charge in [-0.1, -0.05) is 18.2 Å². The van der Waals surface area contributed by atoms with Gasteiger partial charge in [-0.05, 0) is 44.5 Å². The smallest absolute Gasteiger partial charge is 0.319 e. The quantitative estimate of drug-likeness (QED) is 0.869. The summed E-state index contributed by atoms with van der Waals surface area (Å²) >= 11 is 0. The molecule has 0 saturated carbocycles. The van der Waals surface area contributed by atoms with Gasteiger partial charge in [0.25, 0.3) is 0 Å². The zero-order valence-corrected chi connectivity index (χ0v) is 15.1. The summed E-state index contributed by atoms with van der Waals surface area (Å²) in [5, 5.41) is 5.93. The summed E-state index contributed by atoms with van der Waals surface area (Å²) in [4.78, 5) is 12.5. The van der Waals surface area contributed by atoms with Gasteiger partial charge < -0.3 is 20.1 Å². The molecule has 1 aliphatic heterocycles. The van der Waals surface area contributed by atoms with Crippen molar-refractivity contribution in [2.24, 2.45) is 0 Å². The fraction of sp³-hybridized carbons (Fsp3) is 0.350. The van der Waals surface area contributed by atoms with E-state index in [4.69, 9.17) is 9.47 Å². The van der Waals surface area contributed by atoms with Crippen LogP contribution in [0.15, 0.2) is 42.5 Å². The second kappa shape index (κ2) is 6.67. The van der Waals surface area contributed by atoms with E-state index in [1.165, 1.54) is 0 Å². The SMILES string of the molecule is COc1cccc(NC(=O)N[C@@H]2CC(C)(C)Oc3cc(C)ccc32)c1. The van der Waals surface area contributed by atoms with E-state index in [0.29, 0.717) is 17.9 Å². The van der Waals surface area contributed by atoms with E-state index in [1.54, 1.807) is 13.2 Å². The fourth-order valence-corrected chi connectivity index (χ4v) is 3.11. The van der Waals surface area contributed by atoms with Gasteiger partial charge in [-0.2, -0.15) is 0 Å². The molecule has 1 aliphatic rings. The second-order valence-electron chi connectivity index (χ2n) is 6.99. The highest BCUT2D eigenvalue weighted by molar-refractivity contribution is 5.89. The Bertz CT molecular complexity index is 786. The van der Waals surface area contributed by atoms with Gasteiger partial charge in [0, 0.05) is 23.7 Å². The highest BCUT2D eigenvalue weighted by Crippen LogP contribution is 2.39. The van der Waals surface area contributed by atoms with Crippen LogP contribution in [0.3, 0.4) is 0 Å². The molecule has 0 aromatic heterocycles. The first-order valence-electron chi connectivity index (χ1n) is 8.37. The van der Waals surface area contributed by atoms with E-state index in [9.17, 15) is 4.79 Å². The third-order valence-corrected chi connectivity index (χ3v) is 4.26. The number of benzene rings is 2. The molecule has 1 heterocycles. The predicted molar refractivity (Wildman–Crippen MR) is 98.4 cm³/mol. The number of rotatable bonds is 3. The Morgan fingerprint density at radius 3 is 2.80 bits per heavy atom. The van der Waals surface area contributed by atoms with Gasteiger partial charge in [-0.25, -0.2) is 4.79 Å². The number of amides is 2. The first-order valence-corrected chi connectivity index (χ1v) is 8.37. The summed E-state index contributed by atoms with van der Waals surface area (Å²) in [5.74, 6) is 1.54. The Morgan fingerprint density at radius 2 is 2.04 bits per heavy atom. The van der Waals surface area contributed by atoms with E-state index in [-0.39, 0.29) is 17.7 Å². The molecule has 132 valence electrons. The molecule has 0 unspecified atom stereocenters. The molecular weight excluding hydrogens is 316 g/mol. The van der Waals surface area contributed by atoms with Crippen molar-refractivity contribution in [3.63, 3.8) is 0 Å². The van der Waals surface area contributed by atoms with Crippen LogP contribution in [-0.2, 0) is 0 Å². The highest BCUT2D eigenvalue weighted by atomic mass is 16.5. The maximum Gasteiger partial charge on any atom is 0.319 e. The van der Waals surface area contributed by atoms with Crippen LogP contribution in [0, 0.1) is 6.92 Å². The molecule has 0 fully saturated rings. The van der Waals surface area contributed by atoms with Gasteiger partial charge in [0.1, 0.15) is 17.1 Å². The second-order valence-corrected chi connectivity index (χ2v) is 6.99. The van der Waals surface area contributed by atoms with Gasteiger partial charge in [0.2, 0.25) is 0 Å². The minimum Gasteiger partial charge on any atom is -0.497 e. The van der Waals surface area contributed by atoms with Crippen molar-refractivity contribution in [3.8, 4) is 11.5 Å². The Hall–Kier alpha value is -2.69. The number of urea groups is 1. The van der Waals surface area contributed by atoms with Crippen molar-refractivity contribution in [2.45, 2.75) is 38.8 Å². The average molecular weight is 340 g/mol. The van der Waals surface area contributed by atoms with Crippen LogP contribution in [0.1, 0.15) is 37.4 Å². The van der Waals surface area contributed by atoms with Crippen LogP contribution >= 0.6 is 0 Å². The first-order chi connectivity index (χ1) is 11.9. The van der Waals surface area contributed by atoms with Crippen LogP contribution < -0.4 is 20.1 Å². The summed E-state index contributed by atoms with van der Waals surface area (Å²) < 4.78 is 11.3. The lowest BCUT2D eigenvalue weighted by molar-refractivity contribution is 0.0682. The summed E-state index contributed by atoms with van der Waals surface area (Å²) in [6.45, 7) is 6.10. The van der Waals surface area contributed by atoms with E-state index >= 15 is 0 Å². The molecule has 5 nitrogen and oxygen atoms in total. The molecule has 5 heteroatoms. The molecule has 1 atom stereocenters. The highest BCUT2D eigenvalue weighted by Gasteiger charge is 2.34. The molecule has 0 aliphatic carbocycles. The normalized spacial score (nSPS) is 17.8. The van der Waals surface area contributed by atoms with Crippen molar-refractivity contribution in [2.75, 3.05) is 12.4 Å². The molecular formula is C20H24N2O3. The van der Waals surface area contributed by atoms with E-state index in [0.717, 1.165) is 16.9 Å². The Labute approximate surface area is 148 Å². The fourth-order valence-electron chi connectivity index (χ4n) is 3.11. The molecule has 0 radical (unpaired) electrons. The van der Waals surface area contributed by atoms with E-state index < -0.39 is 0 Å². The molecule has 0 bridgehead atoms. The number of methoxy groups -OCH3 is 1. The van der Waals surface area contributed by atoms with Gasteiger partial charge in [-0.15, -0.1) is 0 Å². The van der Waals surface area contributed by atoms with Crippen LogP contribution in [0.25, 0.3) is 0 Å². The van der Waals surface area contributed by atoms with Crippen LogP contribution in [0.4, 0.5) is 10.5 Å². The number of nitrogens with one attached hydrogen (secondary N) is 2. The number of aryl methyl sites for hydroxylation is 1. The number of ether oxygens (including phenoxy) is 2. The van der Waals surface area contributed by atoms with Gasteiger partial charge >= 0.3 is 6.03 Å². The monoisotopic (exact) mass is 340 g/mol. The van der Waals surface area contributed by atoms with Crippen LogP contribution in [-0.4, -0.2) is 18.7 Å². The number of hydrogen-bond donors (Lipinski definition) is 2. The number of carbonyl (C=O) groups is 1.